The monoisotopic (exact) mass is 490 g/mol. The minimum absolute atomic E-state index is 0.139. The van der Waals surface area contributed by atoms with Crippen molar-refractivity contribution in [3.05, 3.63) is 34.7 Å². The van der Waals surface area contributed by atoms with Crippen LogP contribution in [0.1, 0.15) is 26.5 Å². The van der Waals surface area contributed by atoms with Crippen molar-refractivity contribution >= 4 is 39.0 Å². The lowest BCUT2D eigenvalue weighted by Gasteiger charge is -2.27. The number of fused-ring (bicyclic) bond motifs is 1. The fourth-order valence-corrected chi connectivity index (χ4v) is 3.54. The number of aromatic nitrogens is 5. The van der Waals surface area contributed by atoms with Gasteiger partial charge in [-0.05, 0) is 48.8 Å². The molecule has 0 unspecified atom stereocenters. The van der Waals surface area contributed by atoms with Crippen molar-refractivity contribution in [2.24, 2.45) is 0 Å². The second kappa shape index (κ2) is 8.75. The van der Waals surface area contributed by atoms with Crippen LogP contribution in [-0.4, -0.2) is 62.7 Å². The first-order chi connectivity index (χ1) is 14.8. The number of morpholine rings is 1. The summed E-state index contributed by atoms with van der Waals surface area (Å²) in [6, 6.07) is 3.58. The van der Waals surface area contributed by atoms with Crippen molar-refractivity contribution in [3.8, 4) is 5.88 Å². The average molecular weight is 491 g/mol. The molecule has 0 N–H and O–H groups in total. The van der Waals surface area contributed by atoms with Gasteiger partial charge in [0.05, 0.1) is 17.7 Å². The van der Waals surface area contributed by atoms with E-state index < -0.39 is 11.7 Å². The fraction of sp³-hybridized carbons (Fsp3) is 0.450. The van der Waals surface area contributed by atoms with Crippen molar-refractivity contribution in [1.82, 2.24) is 24.7 Å². The zero-order chi connectivity index (χ0) is 22.0. The number of nitrogens with zero attached hydrogens (tertiary/aromatic N) is 6. The summed E-state index contributed by atoms with van der Waals surface area (Å²) in [7, 11) is 0. The van der Waals surface area contributed by atoms with Gasteiger partial charge in [0.1, 0.15) is 28.9 Å². The molecule has 0 aromatic carbocycles. The molecule has 1 aliphatic rings. The molecule has 0 bridgehead atoms. The fourth-order valence-electron chi connectivity index (χ4n) is 3.06. The van der Waals surface area contributed by atoms with Gasteiger partial charge in [0.25, 0.3) is 0 Å². The predicted octanol–water partition coefficient (Wildman–Crippen LogP) is 3.18. The molecule has 1 fully saturated rings. The summed E-state index contributed by atoms with van der Waals surface area (Å²) in [6.07, 6.45) is 2.66. The van der Waals surface area contributed by atoms with Crippen molar-refractivity contribution in [3.63, 3.8) is 0 Å². The number of ether oxygens (including phenoxy) is 3. The second-order valence-corrected chi connectivity index (χ2v) is 8.81. The maximum Gasteiger partial charge on any atom is 0.419 e. The summed E-state index contributed by atoms with van der Waals surface area (Å²) >= 11 is 3.51. The first-order valence-electron chi connectivity index (χ1n) is 9.86. The molecule has 3 aromatic rings. The van der Waals surface area contributed by atoms with Crippen LogP contribution in [0.4, 0.5) is 10.7 Å². The molecule has 0 radical (unpaired) electrons. The lowest BCUT2D eigenvalue weighted by molar-refractivity contribution is 0.0543. The van der Waals surface area contributed by atoms with E-state index in [-0.39, 0.29) is 12.5 Å². The number of hydrogen-bond donors (Lipinski definition) is 0. The van der Waals surface area contributed by atoms with E-state index in [0.717, 1.165) is 0 Å². The lowest BCUT2D eigenvalue weighted by atomic mass is 10.2. The molecular formula is C20H23BrN6O4. The maximum absolute atomic E-state index is 12.9. The predicted molar refractivity (Wildman–Crippen MR) is 116 cm³/mol. The molecule has 0 aliphatic carbocycles. The van der Waals surface area contributed by atoms with Gasteiger partial charge in [-0.2, -0.15) is 15.2 Å². The molecule has 0 amide bonds. The smallest absolute Gasteiger partial charge is 0.419 e. The third-order valence-electron chi connectivity index (χ3n) is 4.42. The molecular weight excluding hydrogens is 468 g/mol. The molecule has 4 rings (SSSR count). The van der Waals surface area contributed by atoms with Crippen LogP contribution < -0.4 is 9.64 Å². The Morgan fingerprint density at radius 3 is 2.71 bits per heavy atom. The van der Waals surface area contributed by atoms with Crippen LogP contribution in [0.3, 0.4) is 0 Å². The summed E-state index contributed by atoms with van der Waals surface area (Å²) in [4.78, 5) is 24.2. The summed E-state index contributed by atoms with van der Waals surface area (Å²) in [5.41, 5.74) is 0.949. The molecule has 0 spiro atoms. The molecule has 4 heterocycles. The van der Waals surface area contributed by atoms with Crippen LogP contribution in [0, 0.1) is 0 Å². The Hall–Kier alpha value is -2.79. The van der Waals surface area contributed by atoms with E-state index in [4.69, 9.17) is 14.2 Å². The van der Waals surface area contributed by atoms with Gasteiger partial charge in [-0.3, -0.25) is 0 Å². The van der Waals surface area contributed by atoms with E-state index >= 15 is 0 Å². The minimum atomic E-state index is -0.657. The first-order valence-corrected chi connectivity index (χ1v) is 10.6. The minimum Gasteiger partial charge on any atom is -0.469 e. The van der Waals surface area contributed by atoms with E-state index in [1.165, 1.54) is 4.57 Å². The van der Waals surface area contributed by atoms with Crippen LogP contribution in [0.25, 0.3) is 11.0 Å². The standard InChI is InChI=1S/C20H23BrN6O4/c1-20(2,3)31-19(28)27-11-14(21)15-16(27)17(30-12-13-5-4-6-22-25-13)24-18(23-15)26-7-9-29-10-8-26/h4-6,11H,7-10,12H2,1-3H3. The van der Waals surface area contributed by atoms with Gasteiger partial charge >= 0.3 is 6.09 Å². The molecule has 164 valence electrons. The molecule has 1 saturated heterocycles. The molecule has 31 heavy (non-hydrogen) atoms. The largest absolute Gasteiger partial charge is 0.469 e. The Morgan fingerprint density at radius 1 is 1.26 bits per heavy atom. The number of carbonyl (C=O) groups excluding carboxylic acids is 1. The number of halogens is 1. The third-order valence-corrected chi connectivity index (χ3v) is 5.00. The van der Waals surface area contributed by atoms with Gasteiger partial charge in [0, 0.05) is 25.5 Å². The Labute approximate surface area is 187 Å². The summed E-state index contributed by atoms with van der Waals surface area (Å²) in [5, 5.41) is 7.91. The van der Waals surface area contributed by atoms with Gasteiger partial charge in [0.15, 0.2) is 0 Å². The van der Waals surface area contributed by atoms with Crippen molar-refractivity contribution < 1.29 is 19.0 Å². The van der Waals surface area contributed by atoms with Crippen LogP contribution >= 0.6 is 15.9 Å². The van der Waals surface area contributed by atoms with Crippen LogP contribution in [0.5, 0.6) is 5.88 Å². The van der Waals surface area contributed by atoms with Crippen LogP contribution in [-0.2, 0) is 16.1 Å². The Morgan fingerprint density at radius 2 is 2.03 bits per heavy atom. The number of anilines is 1. The SMILES string of the molecule is CC(C)(C)OC(=O)n1cc(Br)c2nc(N3CCOCC3)nc(OCc3cccnn3)c21. The van der Waals surface area contributed by atoms with Gasteiger partial charge in [-0.15, -0.1) is 0 Å². The maximum atomic E-state index is 12.9. The zero-order valence-electron chi connectivity index (χ0n) is 17.5. The van der Waals surface area contributed by atoms with E-state index in [2.05, 4.69) is 36.1 Å². The Balaban J connectivity index is 1.78. The highest BCUT2D eigenvalue weighted by Gasteiger charge is 2.26. The quantitative estimate of drug-likeness (QED) is 0.544. The van der Waals surface area contributed by atoms with Gasteiger partial charge in [-0.1, -0.05) is 0 Å². The molecule has 11 heteroatoms. The lowest BCUT2D eigenvalue weighted by Crippen LogP contribution is -2.37. The van der Waals surface area contributed by atoms with E-state index in [0.29, 0.717) is 53.5 Å². The summed E-state index contributed by atoms with van der Waals surface area (Å²) in [6.45, 7) is 8.09. The van der Waals surface area contributed by atoms with E-state index in [1.54, 1.807) is 24.5 Å². The number of rotatable bonds is 4. The van der Waals surface area contributed by atoms with Gasteiger partial charge in [-0.25, -0.2) is 14.3 Å². The molecule has 1 aliphatic heterocycles. The third kappa shape index (κ3) is 4.93. The molecule has 0 saturated carbocycles. The van der Waals surface area contributed by atoms with Crippen molar-refractivity contribution in [1.29, 1.82) is 0 Å². The number of carbonyl (C=O) groups is 1. The summed E-state index contributed by atoms with van der Waals surface area (Å²) < 4.78 is 19.0. The Kier molecular flexibility index (Phi) is 6.05. The first kappa shape index (κ1) is 21.4. The van der Waals surface area contributed by atoms with Crippen LogP contribution in [0.2, 0.25) is 0 Å². The highest BCUT2D eigenvalue weighted by atomic mass is 79.9. The zero-order valence-corrected chi connectivity index (χ0v) is 19.1. The van der Waals surface area contributed by atoms with Crippen molar-refractivity contribution in [2.75, 3.05) is 31.2 Å². The molecule has 10 nitrogen and oxygen atoms in total. The Bertz CT molecular complexity index is 1080. The van der Waals surface area contributed by atoms with Gasteiger partial charge in [0.2, 0.25) is 11.8 Å². The highest BCUT2D eigenvalue weighted by Crippen LogP contribution is 2.33. The normalized spacial score (nSPS) is 14.6. The molecule has 3 aromatic heterocycles. The molecule has 0 atom stereocenters. The topological polar surface area (TPSA) is 104 Å². The number of hydrogen-bond acceptors (Lipinski definition) is 9. The second-order valence-electron chi connectivity index (χ2n) is 7.96. The van der Waals surface area contributed by atoms with E-state index in [9.17, 15) is 4.79 Å². The summed E-state index contributed by atoms with van der Waals surface area (Å²) in [5.74, 6) is 0.765. The van der Waals surface area contributed by atoms with Gasteiger partial charge < -0.3 is 19.1 Å². The van der Waals surface area contributed by atoms with Crippen molar-refractivity contribution in [2.45, 2.75) is 33.0 Å². The van der Waals surface area contributed by atoms with E-state index in [1.807, 2.05) is 25.7 Å². The average Bonchev–Trinajstić information content (AvgIpc) is 3.09. The van der Waals surface area contributed by atoms with Crippen LogP contribution in [0.15, 0.2) is 29.0 Å². The highest BCUT2D eigenvalue weighted by molar-refractivity contribution is 9.10.